The third-order valence-electron chi connectivity index (χ3n) is 14.5. The van der Waals surface area contributed by atoms with E-state index in [2.05, 4.69) is 233 Å². The number of rotatable bonds is 7. The van der Waals surface area contributed by atoms with Gasteiger partial charge in [-0.2, -0.15) is 0 Å². The van der Waals surface area contributed by atoms with Crippen LogP contribution in [0.1, 0.15) is 148 Å². The molecular formula is C63H69N. The minimum atomic E-state index is -0.107. The van der Waals surface area contributed by atoms with E-state index in [0.29, 0.717) is 5.92 Å². The topological polar surface area (TPSA) is 3.24 Å². The lowest BCUT2D eigenvalue weighted by Crippen LogP contribution is -2.16. The molecule has 7 aromatic rings. The fourth-order valence-corrected chi connectivity index (χ4v) is 10.3. The van der Waals surface area contributed by atoms with Gasteiger partial charge in [0.1, 0.15) is 0 Å². The molecule has 7 aromatic carbocycles. The van der Waals surface area contributed by atoms with Crippen molar-refractivity contribution in [2.45, 2.75) is 136 Å². The van der Waals surface area contributed by atoms with Crippen molar-refractivity contribution in [2.75, 3.05) is 4.90 Å². The normalized spacial score (nSPS) is 15.2. The SMILES string of the molecule is CC(C)(C)c1cc(-c2cccc(N(c3ccc(-c4ccc(C5CCCCC5)cc4)cc3)c3ccc4c(c3)C(C)(C)c3ccccc3-4)c2)cc(-c2cc(C(C)(C)C)cc(C(C)(C)C)c2)c1. The van der Waals surface area contributed by atoms with Crippen LogP contribution in [0.2, 0.25) is 0 Å². The first-order valence-electron chi connectivity index (χ1n) is 24.0. The molecule has 64 heavy (non-hydrogen) atoms. The lowest BCUT2D eigenvalue weighted by molar-refractivity contribution is 0.443. The molecule has 1 fully saturated rings. The van der Waals surface area contributed by atoms with Crippen LogP contribution in [0, 0.1) is 0 Å². The van der Waals surface area contributed by atoms with Gasteiger partial charge in [-0.15, -0.1) is 0 Å². The van der Waals surface area contributed by atoms with Crippen molar-refractivity contribution in [1.29, 1.82) is 0 Å². The first kappa shape index (κ1) is 43.6. The van der Waals surface area contributed by atoms with Crippen molar-refractivity contribution in [2.24, 2.45) is 0 Å². The van der Waals surface area contributed by atoms with Gasteiger partial charge < -0.3 is 4.90 Å². The molecule has 0 bridgehead atoms. The van der Waals surface area contributed by atoms with Crippen molar-refractivity contribution >= 4 is 17.1 Å². The van der Waals surface area contributed by atoms with Gasteiger partial charge in [0.25, 0.3) is 0 Å². The molecular weight excluding hydrogens is 771 g/mol. The predicted molar refractivity (Wildman–Crippen MR) is 277 cm³/mol. The van der Waals surface area contributed by atoms with Crippen molar-refractivity contribution in [3.63, 3.8) is 0 Å². The third-order valence-corrected chi connectivity index (χ3v) is 14.5. The number of hydrogen-bond acceptors (Lipinski definition) is 1. The highest BCUT2D eigenvalue weighted by molar-refractivity contribution is 5.87. The first-order chi connectivity index (χ1) is 30.3. The second-order valence-corrected chi connectivity index (χ2v) is 22.6. The molecule has 0 spiro atoms. The van der Waals surface area contributed by atoms with Crippen LogP contribution in [-0.4, -0.2) is 0 Å². The van der Waals surface area contributed by atoms with Gasteiger partial charge in [-0.25, -0.2) is 0 Å². The first-order valence-corrected chi connectivity index (χ1v) is 24.0. The number of nitrogens with zero attached hydrogens (tertiary/aromatic N) is 1. The summed E-state index contributed by atoms with van der Waals surface area (Å²) in [6.45, 7) is 25.7. The molecule has 0 saturated heterocycles. The minimum Gasteiger partial charge on any atom is -0.310 e. The maximum atomic E-state index is 2.47. The third kappa shape index (κ3) is 8.52. The second-order valence-electron chi connectivity index (χ2n) is 22.6. The van der Waals surface area contributed by atoms with Gasteiger partial charge in [-0.1, -0.05) is 205 Å². The summed E-state index contributed by atoms with van der Waals surface area (Å²) in [6, 6.07) is 58.6. The van der Waals surface area contributed by atoms with E-state index in [-0.39, 0.29) is 21.7 Å². The zero-order valence-corrected chi connectivity index (χ0v) is 40.5. The van der Waals surface area contributed by atoms with Crippen molar-refractivity contribution in [3.8, 4) is 44.5 Å². The molecule has 0 amide bonds. The molecule has 0 N–H and O–H groups in total. The van der Waals surface area contributed by atoms with Crippen molar-refractivity contribution < 1.29 is 0 Å². The van der Waals surface area contributed by atoms with E-state index in [4.69, 9.17) is 0 Å². The summed E-state index contributed by atoms with van der Waals surface area (Å²) in [5.74, 6) is 0.711. The van der Waals surface area contributed by atoms with E-state index in [1.54, 1.807) is 0 Å². The molecule has 326 valence electrons. The molecule has 0 atom stereocenters. The summed E-state index contributed by atoms with van der Waals surface area (Å²) >= 11 is 0. The monoisotopic (exact) mass is 840 g/mol. The Bertz CT molecular complexity index is 2770. The number of anilines is 3. The lowest BCUT2D eigenvalue weighted by atomic mass is 9.78. The Morgan fingerprint density at radius 2 is 0.891 bits per heavy atom. The number of fused-ring (bicyclic) bond motifs is 3. The molecule has 0 heterocycles. The summed E-state index contributed by atoms with van der Waals surface area (Å²) in [7, 11) is 0. The maximum absolute atomic E-state index is 2.47. The quantitative estimate of drug-likeness (QED) is 0.155. The summed E-state index contributed by atoms with van der Waals surface area (Å²) in [6.07, 6.45) is 6.75. The van der Waals surface area contributed by atoms with Gasteiger partial charge in [0, 0.05) is 22.5 Å². The van der Waals surface area contributed by atoms with Crippen LogP contribution < -0.4 is 4.90 Å². The van der Waals surface area contributed by atoms with Gasteiger partial charge >= 0.3 is 0 Å². The van der Waals surface area contributed by atoms with Gasteiger partial charge in [-0.05, 0) is 155 Å². The highest BCUT2D eigenvalue weighted by Gasteiger charge is 2.36. The lowest BCUT2D eigenvalue weighted by Gasteiger charge is -2.29. The van der Waals surface area contributed by atoms with Crippen LogP contribution in [0.25, 0.3) is 44.5 Å². The molecule has 2 aliphatic carbocycles. The Hall–Kier alpha value is -5.66. The fourth-order valence-electron chi connectivity index (χ4n) is 10.3. The summed E-state index contributed by atoms with van der Waals surface area (Å²) in [4.78, 5) is 2.47. The Kier molecular flexibility index (Phi) is 11.2. The van der Waals surface area contributed by atoms with Crippen LogP contribution in [0.15, 0.2) is 152 Å². The van der Waals surface area contributed by atoms with Crippen molar-refractivity contribution in [3.05, 3.63) is 185 Å². The molecule has 0 aromatic heterocycles. The van der Waals surface area contributed by atoms with Gasteiger partial charge in [0.2, 0.25) is 0 Å². The van der Waals surface area contributed by atoms with E-state index in [1.807, 2.05) is 0 Å². The van der Waals surface area contributed by atoms with E-state index >= 15 is 0 Å². The summed E-state index contributed by atoms with van der Waals surface area (Å²) in [5.41, 5.74) is 21.9. The van der Waals surface area contributed by atoms with Crippen LogP contribution in [0.4, 0.5) is 17.1 Å². The summed E-state index contributed by atoms with van der Waals surface area (Å²) < 4.78 is 0. The van der Waals surface area contributed by atoms with E-state index in [1.165, 1.54) is 116 Å². The van der Waals surface area contributed by atoms with Crippen molar-refractivity contribution in [1.82, 2.24) is 0 Å². The van der Waals surface area contributed by atoms with Crippen LogP contribution in [-0.2, 0) is 21.7 Å². The van der Waals surface area contributed by atoms with Gasteiger partial charge in [0.15, 0.2) is 0 Å². The largest absolute Gasteiger partial charge is 0.310 e. The molecule has 1 nitrogen and oxygen atoms in total. The fraction of sp³-hybridized carbons (Fsp3) is 0.333. The average Bonchev–Trinajstić information content (AvgIpc) is 3.51. The highest BCUT2D eigenvalue weighted by atomic mass is 15.1. The van der Waals surface area contributed by atoms with E-state index in [0.717, 1.165) is 11.4 Å². The molecule has 2 aliphatic rings. The zero-order chi connectivity index (χ0) is 45.2. The average molecular weight is 840 g/mol. The van der Waals surface area contributed by atoms with Crippen LogP contribution in [0.5, 0.6) is 0 Å². The van der Waals surface area contributed by atoms with Gasteiger partial charge in [-0.3, -0.25) is 0 Å². The van der Waals surface area contributed by atoms with Crippen LogP contribution >= 0.6 is 0 Å². The van der Waals surface area contributed by atoms with E-state index in [9.17, 15) is 0 Å². The summed E-state index contributed by atoms with van der Waals surface area (Å²) in [5, 5.41) is 0. The molecule has 1 heteroatoms. The highest BCUT2D eigenvalue weighted by Crippen LogP contribution is 2.51. The Balaban J connectivity index is 1.16. The molecule has 0 unspecified atom stereocenters. The Labute approximate surface area is 385 Å². The zero-order valence-electron chi connectivity index (χ0n) is 40.5. The number of benzene rings is 7. The Morgan fingerprint density at radius 3 is 1.50 bits per heavy atom. The maximum Gasteiger partial charge on any atom is 0.0467 e. The molecule has 0 aliphatic heterocycles. The van der Waals surface area contributed by atoms with E-state index < -0.39 is 0 Å². The Morgan fingerprint density at radius 1 is 0.391 bits per heavy atom. The number of hydrogen-bond donors (Lipinski definition) is 0. The smallest absolute Gasteiger partial charge is 0.0467 e. The van der Waals surface area contributed by atoms with Gasteiger partial charge in [0.05, 0.1) is 0 Å². The van der Waals surface area contributed by atoms with Crippen LogP contribution in [0.3, 0.4) is 0 Å². The molecule has 9 rings (SSSR count). The predicted octanol–water partition coefficient (Wildman–Crippen LogP) is 18.4. The standard InChI is InChI=1S/C63H69N/c1-60(2,3)50-35-47(34-48(36-50)49-37-51(61(4,5)6)40-52(38-49)62(7,8)9)46-20-17-21-54(39-46)64(55-32-33-57-56-22-15-16-23-58(56)63(10,11)59(57)41-55)53-30-28-45(29-31-53)44-26-24-43(25-27-44)42-18-13-12-14-19-42/h15-17,20-42H,12-14,18-19H2,1-11H3. The molecule has 1 saturated carbocycles. The molecule has 0 radical (unpaired) electrons. The second kappa shape index (κ2) is 16.4. The minimum absolute atomic E-state index is 0.0321.